The molecule has 2 N–H and O–H groups in total. The number of nitrogens with zero attached hydrogens (tertiary/aromatic N) is 2. The van der Waals surface area contributed by atoms with Crippen LogP contribution in [0.4, 0.5) is 11.6 Å². The van der Waals surface area contributed by atoms with Crippen molar-refractivity contribution in [2.24, 2.45) is 0 Å². The fourth-order valence-corrected chi connectivity index (χ4v) is 2.90. The number of hydrogen-bond acceptors (Lipinski definition) is 5. The summed E-state index contributed by atoms with van der Waals surface area (Å²) in [5.41, 5.74) is 2.99. The number of amides is 1. The Morgan fingerprint density at radius 1 is 1.18 bits per heavy atom. The first-order valence-corrected chi connectivity index (χ1v) is 9.20. The molecule has 0 bridgehead atoms. The number of aromatic nitrogens is 2. The van der Waals surface area contributed by atoms with E-state index in [1.165, 1.54) is 0 Å². The van der Waals surface area contributed by atoms with Crippen molar-refractivity contribution in [2.75, 3.05) is 24.3 Å². The van der Waals surface area contributed by atoms with Crippen molar-refractivity contribution in [1.29, 1.82) is 0 Å². The number of aryl methyl sites for hydroxylation is 1. The second-order valence-electron chi connectivity index (χ2n) is 6.23. The van der Waals surface area contributed by atoms with Gasteiger partial charge in [0.1, 0.15) is 11.4 Å². The summed E-state index contributed by atoms with van der Waals surface area (Å²) in [6.07, 6.45) is 2.32. The van der Waals surface area contributed by atoms with E-state index in [-0.39, 0.29) is 11.6 Å². The molecule has 0 radical (unpaired) electrons. The van der Waals surface area contributed by atoms with Gasteiger partial charge in [-0.15, -0.1) is 0 Å². The molecular weight excluding hydrogens is 376 g/mol. The molecule has 0 fully saturated rings. The number of benzene rings is 2. The molecule has 0 aliphatic rings. The van der Waals surface area contributed by atoms with Crippen LogP contribution in [0.25, 0.3) is 0 Å². The second kappa shape index (κ2) is 9.19. The van der Waals surface area contributed by atoms with E-state index in [0.717, 1.165) is 17.5 Å². The van der Waals surface area contributed by atoms with E-state index >= 15 is 0 Å². The van der Waals surface area contributed by atoms with Crippen LogP contribution in [0.2, 0.25) is 5.02 Å². The highest BCUT2D eigenvalue weighted by molar-refractivity contribution is 6.30. The zero-order chi connectivity index (χ0) is 19.9. The molecule has 7 heteroatoms. The normalized spacial score (nSPS) is 10.4. The van der Waals surface area contributed by atoms with Gasteiger partial charge in [0, 0.05) is 17.8 Å². The highest BCUT2D eigenvalue weighted by atomic mass is 35.5. The van der Waals surface area contributed by atoms with E-state index in [0.29, 0.717) is 29.0 Å². The topological polar surface area (TPSA) is 76.1 Å². The van der Waals surface area contributed by atoms with Crippen LogP contribution in [0.5, 0.6) is 5.75 Å². The number of carbonyl (C=O) groups is 1. The van der Waals surface area contributed by atoms with E-state index in [1.807, 2.05) is 49.4 Å². The fourth-order valence-electron chi connectivity index (χ4n) is 2.69. The van der Waals surface area contributed by atoms with Crippen LogP contribution in [-0.4, -0.2) is 29.5 Å². The Bertz CT molecular complexity index is 978. The van der Waals surface area contributed by atoms with Crippen molar-refractivity contribution in [3.05, 3.63) is 76.6 Å². The van der Waals surface area contributed by atoms with Crippen LogP contribution in [0.3, 0.4) is 0 Å². The molecule has 0 spiro atoms. The largest absolute Gasteiger partial charge is 0.495 e. The Morgan fingerprint density at radius 2 is 2.04 bits per heavy atom. The molecular formula is C21H21ClN4O2. The molecule has 0 unspecified atom stereocenters. The third kappa shape index (κ3) is 5.20. The van der Waals surface area contributed by atoms with Gasteiger partial charge in [0.25, 0.3) is 5.91 Å². The van der Waals surface area contributed by atoms with E-state index in [2.05, 4.69) is 20.6 Å². The lowest BCUT2D eigenvalue weighted by Crippen LogP contribution is -2.16. The summed E-state index contributed by atoms with van der Waals surface area (Å²) < 4.78 is 5.30. The highest BCUT2D eigenvalue weighted by Gasteiger charge is 2.12. The van der Waals surface area contributed by atoms with Gasteiger partial charge in [-0.1, -0.05) is 29.8 Å². The fraction of sp³-hybridized carbons (Fsp3) is 0.190. The number of hydrogen-bond donors (Lipinski definition) is 2. The molecule has 3 rings (SSSR count). The van der Waals surface area contributed by atoms with Crippen LogP contribution >= 0.6 is 11.6 Å². The number of nitrogens with one attached hydrogen (secondary N) is 2. The minimum Gasteiger partial charge on any atom is -0.495 e. The molecule has 1 heterocycles. The average molecular weight is 397 g/mol. The van der Waals surface area contributed by atoms with Gasteiger partial charge in [-0.25, -0.2) is 9.97 Å². The third-order valence-electron chi connectivity index (χ3n) is 4.08. The van der Waals surface area contributed by atoms with Gasteiger partial charge in [0.05, 0.1) is 12.8 Å². The van der Waals surface area contributed by atoms with Crippen LogP contribution in [0, 0.1) is 6.92 Å². The molecule has 0 saturated heterocycles. The van der Waals surface area contributed by atoms with Gasteiger partial charge in [-0.3, -0.25) is 4.79 Å². The lowest BCUT2D eigenvalue weighted by Gasteiger charge is -2.11. The van der Waals surface area contributed by atoms with Crippen LogP contribution in [-0.2, 0) is 6.42 Å². The second-order valence-corrected chi connectivity index (χ2v) is 6.67. The van der Waals surface area contributed by atoms with Gasteiger partial charge in [0.2, 0.25) is 5.95 Å². The summed E-state index contributed by atoms with van der Waals surface area (Å²) in [7, 11) is 1.56. The van der Waals surface area contributed by atoms with E-state index in [1.54, 1.807) is 19.4 Å². The smallest absolute Gasteiger partial charge is 0.274 e. The van der Waals surface area contributed by atoms with Crippen molar-refractivity contribution < 1.29 is 9.53 Å². The maximum atomic E-state index is 12.6. The summed E-state index contributed by atoms with van der Waals surface area (Å²) >= 11 is 6.00. The molecule has 0 saturated carbocycles. The number of rotatable bonds is 7. The quantitative estimate of drug-likeness (QED) is 0.620. The van der Waals surface area contributed by atoms with Crippen LogP contribution in [0.15, 0.2) is 54.7 Å². The maximum absolute atomic E-state index is 12.6. The minimum atomic E-state index is -0.329. The van der Waals surface area contributed by atoms with Crippen LogP contribution < -0.4 is 15.4 Å². The number of halogens is 1. The first-order valence-electron chi connectivity index (χ1n) is 8.82. The predicted octanol–water partition coefficient (Wildman–Crippen LogP) is 4.35. The van der Waals surface area contributed by atoms with E-state index < -0.39 is 0 Å². The first kappa shape index (κ1) is 19.6. The molecule has 28 heavy (non-hydrogen) atoms. The average Bonchev–Trinajstić information content (AvgIpc) is 2.68. The molecule has 1 aromatic heterocycles. The molecule has 0 aliphatic carbocycles. The molecule has 1 amide bonds. The summed E-state index contributed by atoms with van der Waals surface area (Å²) in [6, 6.07) is 14.8. The van der Waals surface area contributed by atoms with E-state index in [9.17, 15) is 4.79 Å². The number of carbonyl (C=O) groups excluding carboxylic acids is 1. The molecule has 0 aliphatic heterocycles. The van der Waals surface area contributed by atoms with Gasteiger partial charge >= 0.3 is 0 Å². The predicted molar refractivity (Wildman–Crippen MR) is 111 cm³/mol. The van der Waals surface area contributed by atoms with Crippen molar-refractivity contribution in [3.63, 3.8) is 0 Å². The van der Waals surface area contributed by atoms with Gasteiger partial charge < -0.3 is 15.4 Å². The van der Waals surface area contributed by atoms with Crippen molar-refractivity contribution in [1.82, 2.24) is 9.97 Å². The van der Waals surface area contributed by atoms with Crippen molar-refractivity contribution >= 4 is 29.1 Å². The monoisotopic (exact) mass is 396 g/mol. The standard InChI is InChI=1S/C21H21ClN4O2/c1-14-6-7-19(28-2)18(12-14)25-20(27)17-9-11-24-21(26-17)23-10-8-15-4-3-5-16(22)13-15/h3-7,9,11-13H,8,10H2,1-2H3,(H,25,27)(H,23,24,26). The lowest BCUT2D eigenvalue weighted by molar-refractivity contribution is 0.102. The Morgan fingerprint density at radius 3 is 2.82 bits per heavy atom. The zero-order valence-corrected chi connectivity index (χ0v) is 16.5. The minimum absolute atomic E-state index is 0.267. The molecule has 6 nitrogen and oxygen atoms in total. The Hall–Kier alpha value is -3.12. The summed E-state index contributed by atoms with van der Waals surface area (Å²) in [4.78, 5) is 21.0. The van der Waals surface area contributed by atoms with Crippen LogP contribution in [0.1, 0.15) is 21.6 Å². The Balaban J connectivity index is 1.64. The lowest BCUT2D eigenvalue weighted by atomic mass is 10.1. The Labute approximate surface area is 168 Å². The highest BCUT2D eigenvalue weighted by Crippen LogP contribution is 2.25. The number of methoxy groups -OCH3 is 1. The number of ether oxygens (including phenoxy) is 1. The van der Waals surface area contributed by atoms with E-state index in [4.69, 9.17) is 16.3 Å². The molecule has 144 valence electrons. The van der Waals surface area contributed by atoms with Crippen molar-refractivity contribution in [3.8, 4) is 5.75 Å². The summed E-state index contributed by atoms with van der Waals surface area (Å²) in [6.45, 7) is 2.57. The van der Waals surface area contributed by atoms with Crippen molar-refractivity contribution in [2.45, 2.75) is 13.3 Å². The number of anilines is 2. The first-order chi connectivity index (χ1) is 13.5. The molecule has 2 aromatic carbocycles. The van der Waals surface area contributed by atoms with Gasteiger partial charge in [-0.2, -0.15) is 0 Å². The SMILES string of the molecule is COc1ccc(C)cc1NC(=O)c1ccnc(NCCc2cccc(Cl)c2)n1. The molecule has 0 atom stereocenters. The van der Waals surface area contributed by atoms with Gasteiger partial charge in [0.15, 0.2) is 0 Å². The maximum Gasteiger partial charge on any atom is 0.274 e. The zero-order valence-electron chi connectivity index (χ0n) is 15.7. The summed E-state index contributed by atoms with van der Waals surface area (Å²) in [5.74, 6) is 0.656. The Kier molecular flexibility index (Phi) is 6.45. The summed E-state index contributed by atoms with van der Waals surface area (Å²) in [5, 5.41) is 6.68. The third-order valence-corrected chi connectivity index (χ3v) is 4.31. The van der Waals surface area contributed by atoms with Gasteiger partial charge in [-0.05, 0) is 54.8 Å². The molecule has 3 aromatic rings.